The van der Waals surface area contributed by atoms with Crippen LogP contribution in [0.3, 0.4) is 0 Å². The van der Waals surface area contributed by atoms with Crippen LogP contribution in [0, 0.1) is 0 Å². The van der Waals surface area contributed by atoms with Crippen LogP contribution in [0.4, 0.5) is 0 Å². The highest BCUT2D eigenvalue weighted by atomic mass is 127. The molecule has 3 atom stereocenters. The number of halogens is 1. The highest BCUT2D eigenvalue weighted by molar-refractivity contribution is 4.82. The van der Waals surface area contributed by atoms with Gasteiger partial charge in [0.2, 0.25) is 0 Å². The SMILES string of the molecule is CCCCCCCC/C=C\CCCCCCCCOCC(COC1(C)OCC(C[N+](C)(C)C)O1)OCCCCCCCC/C=C\CCCCCCCC.[I-]. The van der Waals surface area contributed by atoms with Gasteiger partial charge in [0, 0.05) is 20.1 Å². The molecule has 0 aromatic rings. The average molecular weight is 878 g/mol. The second-order valence-corrected chi connectivity index (χ2v) is 17.1. The summed E-state index contributed by atoms with van der Waals surface area (Å²) >= 11 is 0. The summed E-state index contributed by atoms with van der Waals surface area (Å²) in [5.41, 5.74) is 0. The molecule has 54 heavy (non-hydrogen) atoms. The summed E-state index contributed by atoms with van der Waals surface area (Å²) in [4.78, 5) is 0. The highest BCUT2D eigenvalue weighted by Crippen LogP contribution is 2.26. The zero-order valence-electron chi connectivity index (χ0n) is 36.9. The molecule has 0 saturated carbocycles. The van der Waals surface area contributed by atoms with Crippen molar-refractivity contribution in [2.45, 2.75) is 219 Å². The van der Waals surface area contributed by atoms with Crippen LogP contribution in [0.5, 0.6) is 0 Å². The van der Waals surface area contributed by atoms with Crippen molar-refractivity contribution in [2.24, 2.45) is 0 Å². The maximum Gasteiger partial charge on any atom is 0.280 e. The van der Waals surface area contributed by atoms with Gasteiger partial charge >= 0.3 is 0 Å². The molecule has 3 unspecified atom stereocenters. The van der Waals surface area contributed by atoms with Crippen LogP contribution in [-0.2, 0) is 23.7 Å². The van der Waals surface area contributed by atoms with Crippen LogP contribution in [-0.4, -0.2) is 83.4 Å². The molecule has 1 saturated heterocycles. The van der Waals surface area contributed by atoms with Gasteiger partial charge in [-0.3, -0.25) is 0 Å². The van der Waals surface area contributed by atoms with Gasteiger partial charge in [0.05, 0.1) is 41.0 Å². The predicted octanol–water partition coefficient (Wildman–Crippen LogP) is 10.3. The van der Waals surface area contributed by atoms with Crippen molar-refractivity contribution >= 4 is 0 Å². The minimum atomic E-state index is -1.02. The molecule has 0 aromatic carbocycles. The summed E-state index contributed by atoms with van der Waals surface area (Å²) in [5.74, 6) is -1.02. The lowest BCUT2D eigenvalue weighted by atomic mass is 10.1. The Hall–Kier alpha value is -0.0300. The minimum absolute atomic E-state index is 0. The van der Waals surface area contributed by atoms with Gasteiger partial charge in [-0.15, -0.1) is 0 Å². The lowest BCUT2D eigenvalue weighted by molar-refractivity contribution is -0.873. The predicted molar refractivity (Wildman–Crippen MR) is 228 cm³/mol. The largest absolute Gasteiger partial charge is 1.00 e. The Bertz CT molecular complexity index is 833. The molecule has 1 rings (SSSR count). The number of quaternary nitrogens is 1. The van der Waals surface area contributed by atoms with Gasteiger partial charge in [-0.1, -0.05) is 154 Å². The van der Waals surface area contributed by atoms with Crippen LogP contribution in [0.2, 0.25) is 0 Å². The van der Waals surface area contributed by atoms with Gasteiger partial charge in [-0.05, 0) is 64.2 Å². The van der Waals surface area contributed by atoms with E-state index in [9.17, 15) is 0 Å². The molecule has 6 nitrogen and oxygen atoms in total. The Morgan fingerprint density at radius 2 is 0.981 bits per heavy atom. The van der Waals surface area contributed by atoms with Crippen molar-refractivity contribution in [3.8, 4) is 0 Å². The lowest BCUT2D eigenvalue weighted by Crippen LogP contribution is -3.00. The molecule has 1 aliphatic heterocycles. The van der Waals surface area contributed by atoms with Crippen LogP contribution in [0.15, 0.2) is 24.3 Å². The number of hydrogen-bond acceptors (Lipinski definition) is 5. The number of nitrogens with zero attached hydrogens (tertiary/aromatic N) is 1. The van der Waals surface area contributed by atoms with E-state index in [0.717, 1.165) is 37.1 Å². The molecule has 0 radical (unpaired) electrons. The Balaban J connectivity index is 0.0000281. The molecule has 322 valence electrons. The molecule has 1 aliphatic rings. The smallest absolute Gasteiger partial charge is 0.280 e. The van der Waals surface area contributed by atoms with Crippen LogP contribution < -0.4 is 24.0 Å². The van der Waals surface area contributed by atoms with Gasteiger partial charge in [-0.25, -0.2) is 0 Å². The zero-order valence-corrected chi connectivity index (χ0v) is 39.0. The van der Waals surface area contributed by atoms with Crippen LogP contribution >= 0.6 is 0 Å². The first-order valence-electron chi connectivity index (χ1n) is 23.0. The standard InChI is InChI=1S/C47H92NO5.HI/c1-7-9-11-13-15-17-19-21-23-25-27-29-31-33-35-37-39-49-42-46(44-52-47(3)51-43-45(53-47)41-48(4,5)6)50-40-38-36-34-32-30-28-26-24-22-20-18-16-14-12-10-8-2;/h21-24,45-46H,7-20,25-44H2,1-6H3;1H/q+1;/p-1/b23-21-,24-22-;. The van der Waals surface area contributed by atoms with E-state index in [1.807, 2.05) is 6.92 Å². The number of hydrogen-bond donors (Lipinski definition) is 0. The van der Waals surface area contributed by atoms with Crippen LogP contribution in [0.1, 0.15) is 201 Å². The maximum absolute atomic E-state index is 6.33. The normalized spacial score (nSPS) is 18.3. The zero-order chi connectivity index (χ0) is 38.6. The molecule has 0 N–H and O–H groups in total. The Morgan fingerprint density at radius 3 is 1.43 bits per heavy atom. The molecule has 0 bridgehead atoms. The molecule has 0 aromatic heterocycles. The number of unbranched alkanes of at least 4 members (excludes halogenated alkanes) is 24. The lowest BCUT2D eigenvalue weighted by Gasteiger charge is -2.29. The van der Waals surface area contributed by atoms with Gasteiger partial charge in [0.1, 0.15) is 18.8 Å². The van der Waals surface area contributed by atoms with E-state index in [-0.39, 0.29) is 36.2 Å². The van der Waals surface area contributed by atoms with Crippen molar-refractivity contribution < 1.29 is 52.1 Å². The van der Waals surface area contributed by atoms with E-state index in [1.165, 1.54) is 167 Å². The molecule has 7 heteroatoms. The fourth-order valence-corrected chi connectivity index (χ4v) is 7.05. The Labute approximate surface area is 354 Å². The first-order valence-corrected chi connectivity index (χ1v) is 23.0. The summed E-state index contributed by atoms with van der Waals surface area (Å²) in [6, 6.07) is 0. The van der Waals surface area contributed by atoms with E-state index in [1.54, 1.807) is 0 Å². The maximum atomic E-state index is 6.33. The Kier molecular flexibility index (Phi) is 38.5. The third-order valence-corrected chi connectivity index (χ3v) is 10.3. The third kappa shape index (κ3) is 36.3. The van der Waals surface area contributed by atoms with E-state index >= 15 is 0 Å². The molecule has 1 heterocycles. The number of likely N-dealkylation sites (N-methyl/N-ethyl adjacent to an activating group) is 1. The van der Waals surface area contributed by atoms with Gasteiger partial charge < -0.3 is 52.1 Å². The molecular weight excluding hydrogens is 785 g/mol. The number of ether oxygens (including phenoxy) is 5. The molecule has 0 spiro atoms. The van der Waals surface area contributed by atoms with E-state index < -0.39 is 5.97 Å². The average Bonchev–Trinajstić information content (AvgIpc) is 3.49. The van der Waals surface area contributed by atoms with E-state index in [0.29, 0.717) is 19.8 Å². The fraction of sp³-hybridized carbons (Fsp3) is 0.915. The second kappa shape index (κ2) is 38.5. The minimum Gasteiger partial charge on any atom is -1.00 e. The van der Waals surface area contributed by atoms with Crippen molar-refractivity contribution in [2.75, 3.05) is 60.7 Å². The summed E-state index contributed by atoms with van der Waals surface area (Å²) < 4.78 is 31.7. The first kappa shape index (κ1) is 54.0. The van der Waals surface area contributed by atoms with Crippen molar-refractivity contribution in [3.63, 3.8) is 0 Å². The molecule has 0 aliphatic carbocycles. The van der Waals surface area contributed by atoms with E-state index in [4.69, 9.17) is 23.7 Å². The van der Waals surface area contributed by atoms with Gasteiger partial charge in [0.25, 0.3) is 5.97 Å². The topological polar surface area (TPSA) is 46.2 Å². The summed E-state index contributed by atoms with van der Waals surface area (Å²) in [5, 5.41) is 0. The molecule has 0 amide bonds. The van der Waals surface area contributed by atoms with Gasteiger partial charge in [-0.2, -0.15) is 0 Å². The van der Waals surface area contributed by atoms with Gasteiger partial charge in [0.15, 0.2) is 0 Å². The molecular formula is C47H92INO5. The van der Waals surface area contributed by atoms with Crippen molar-refractivity contribution in [3.05, 3.63) is 24.3 Å². The number of allylic oxidation sites excluding steroid dienone is 4. The molecule has 1 fully saturated rings. The Morgan fingerprint density at radius 1 is 0.574 bits per heavy atom. The van der Waals surface area contributed by atoms with Crippen molar-refractivity contribution in [1.29, 1.82) is 0 Å². The fourth-order valence-electron chi connectivity index (χ4n) is 7.05. The second-order valence-electron chi connectivity index (χ2n) is 17.1. The quantitative estimate of drug-likeness (QED) is 0.0266. The third-order valence-electron chi connectivity index (χ3n) is 10.3. The summed E-state index contributed by atoms with van der Waals surface area (Å²) in [6.45, 7) is 10.4. The highest BCUT2D eigenvalue weighted by Gasteiger charge is 2.41. The summed E-state index contributed by atoms with van der Waals surface area (Å²) in [7, 11) is 6.52. The monoisotopic (exact) mass is 878 g/mol. The van der Waals surface area contributed by atoms with Crippen molar-refractivity contribution in [1.82, 2.24) is 0 Å². The first-order chi connectivity index (χ1) is 25.8. The van der Waals surface area contributed by atoms with Crippen LogP contribution in [0.25, 0.3) is 0 Å². The summed E-state index contributed by atoms with van der Waals surface area (Å²) in [6.07, 6.45) is 46.4. The van der Waals surface area contributed by atoms with E-state index in [2.05, 4.69) is 59.3 Å². The number of rotatable bonds is 40.